The van der Waals surface area contributed by atoms with Crippen LogP contribution in [0.2, 0.25) is 0 Å². The number of amides is 2. The van der Waals surface area contributed by atoms with Crippen molar-refractivity contribution in [3.63, 3.8) is 0 Å². The zero-order chi connectivity index (χ0) is 15.2. The second-order valence-electron chi connectivity index (χ2n) is 4.53. The first kappa shape index (κ1) is 13.8. The Bertz CT molecular complexity index is 723. The van der Waals surface area contributed by atoms with Gasteiger partial charge in [-0.25, -0.2) is 4.79 Å². The van der Waals surface area contributed by atoms with Gasteiger partial charge in [0.25, 0.3) is 0 Å². The highest BCUT2D eigenvalue weighted by Gasteiger charge is 2.06. The molecule has 0 aliphatic heterocycles. The lowest BCUT2D eigenvalue weighted by molar-refractivity contribution is 0.262. The molecule has 3 aromatic rings. The standard InChI is InChI=1S/C14H14N6O2/c21-14(17-13-5-10-22-19-13)16-12-4-9-20(18-12)8-3-11-1-6-15-7-2-11/h1-2,4-7,9-10H,3,8H2,(H2,16,17,18,19,21). The average Bonchev–Trinajstić information content (AvgIpc) is 3.18. The largest absolute Gasteiger partial charge is 0.363 e. The number of hydrogen-bond donors (Lipinski definition) is 2. The number of aryl methyl sites for hydroxylation is 2. The smallest absolute Gasteiger partial charge is 0.326 e. The minimum Gasteiger partial charge on any atom is -0.363 e. The van der Waals surface area contributed by atoms with E-state index >= 15 is 0 Å². The third-order valence-corrected chi connectivity index (χ3v) is 2.94. The summed E-state index contributed by atoms with van der Waals surface area (Å²) in [5, 5.41) is 13.0. The van der Waals surface area contributed by atoms with Gasteiger partial charge in [-0.2, -0.15) is 5.10 Å². The molecule has 8 heteroatoms. The van der Waals surface area contributed by atoms with Crippen molar-refractivity contribution in [2.24, 2.45) is 0 Å². The molecule has 0 bridgehead atoms. The molecule has 0 saturated heterocycles. The predicted molar refractivity (Wildman–Crippen MR) is 79.3 cm³/mol. The Balaban J connectivity index is 1.51. The van der Waals surface area contributed by atoms with Crippen LogP contribution in [0.5, 0.6) is 0 Å². The van der Waals surface area contributed by atoms with Gasteiger partial charge in [0.2, 0.25) is 0 Å². The summed E-state index contributed by atoms with van der Waals surface area (Å²) in [6, 6.07) is 6.79. The third kappa shape index (κ3) is 3.69. The monoisotopic (exact) mass is 298 g/mol. The number of aromatic nitrogens is 4. The molecule has 112 valence electrons. The lowest BCUT2D eigenvalue weighted by atomic mass is 10.2. The van der Waals surface area contributed by atoms with Gasteiger partial charge in [-0.15, -0.1) is 0 Å². The molecule has 0 atom stereocenters. The van der Waals surface area contributed by atoms with Crippen molar-refractivity contribution in [2.75, 3.05) is 10.6 Å². The van der Waals surface area contributed by atoms with Crippen LogP contribution in [0, 0.1) is 0 Å². The molecular weight excluding hydrogens is 284 g/mol. The fourth-order valence-electron chi connectivity index (χ4n) is 1.89. The van der Waals surface area contributed by atoms with Crippen molar-refractivity contribution in [1.82, 2.24) is 19.9 Å². The Morgan fingerprint density at radius 3 is 2.73 bits per heavy atom. The molecule has 0 saturated carbocycles. The number of nitrogens with zero attached hydrogens (tertiary/aromatic N) is 4. The van der Waals surface area contributed by atoms with Gasteiger partial charge in [-0.05, 0) is 24.1 Å². The fraction of sp³-hybridized carbons (Fsp3) is 0.143. The number of nitrogens with one attached hydrogen (secondary N) is 2. The van der Waals surface area contributed by atoms with Gasteiger partial charge in [-0.1, -0.05) is 5.16 Å². The fourth-order valence-corrected chi connectivity index (χ4v) is 1.89. The number of pyridine rings is 1. The summed E-state index contributed by atoms with van der Waals surface area (Å²) in [4.78, 5) is 15.7. The Kier molecular flexibility index (Phi) is 4.10. The summed E-state index contributed by atoms with van der Waals surface area (Å²) in [5.74, 6) is 0.811. The summed E-state index contributed by atoms with van der Waals surface area (Å²) >= 11 is 0. The minimum atomic E-state index is -0.423. The first-order chi connectivity index (χ1) is 10.8. The molecule has 2 amide bonds. The molecule has 2 N–H and O–H groups in total. The van der Waals surface area contributed by atoms with Crippen molar-refractivity contribution in [3.8, 4) is 0 Å². The van der Waals surface area contributed by atoms with Gasteiger partial charge in [0.1, 0.15) is 6.26 Å². The van der Waals surface area contributed by atoms with E-state index in [1.165, 1.54) is 11.8 Å². The SMILES string of the molecule is O=C(Nc1ccon1)Nc1ccn(CCc2ccncc2)n1. The molecule has 22 heavy (non-hydrogen) atoms. The maximum Gasteiger partial charge on any atom is 0.326 e. The molecule has 8 nitrogen and oxygen atoms in total. The maximum absolute atomic E-state index is 11.7. The van der Waals surface area contributed by atoms with Gasteiger partial charge >= 0.3 is 6.03 Å². The van der Waals surface area contributed by atoms with E-state index in [4.69, 9.17) is 0 Å². The highest BCUT2D eigenvalue weighted by molar-refractivity contribution is 5.98. The number of carbonyl (C=O) groups excluding carboxylic acids is 1. The topological polar surface area (TPSA) is 97.9 Å². The van der Waals surface area contributed by atoms with Gasteiger partial charge in [0.05, 0.1) is 0 Å². The van der Waals surface area contributed by atoms with E-state index in [1.807, 2.05) is 18.3 Å². The van der Waals surface area contributed by atoms with E-state index in [9.17, 15) is 4.79 Å². The molecule has 3 rings (SSSR count). The minimum absolute atomic E-state index is 0.342. The third-order valence-electron chi connectivity index (χ3n) is 2.94. The van der Waals surface area contributed by atoms with Crippen molar-refractivity contribution in [1.29, 1.82) is 0 Å². The van der Waals surface area contributed by atoms with Gasteiger partial charge < -0.3 is 4.52 Å². The first-order valence-corrected chi connectivity index (χ1v) is 6.70. The van der Waals surface area contributed by atoms with Crippen LogP contribution in [-0.4, -0.2) is 26.0 Å². The summed E-state index contributed by atoms with van der Waals surface area (Å²) in [7, 11) is 0. The molecule has 0 aliphatic carbocycles. The quantitative estimate of drug-likeness (QED) is 0.752. The van der Waals surface area contributed by atoms with Gasteiger partial charge in [0.15, 0.2) is 11.6 Å². The second kappa shape index (κ2) is 6.53. The summed E-state index contributed by atoms with van der Waals surface area (Å²) < 4.78 is 6.40. The predicted octanol–water partition coefficient (Wildman–Crippen LogP) is 2.15. The lowest BCUT2D eigenvalue weighted by Crippen LogP contribution is -2.20. The number of hydrogen-bond acceptors (Lipinski definition) is 5. The molecule has 0 spiro atoms. The van der Waals surface area contributed by atoms with E-state index in [-0.39, 0.29) is 0 Å². The Morgan fingerprint density at radius 1 is 1.14 bits per heavy atom. The normalized spacial score (nSPS) is 10.4. The Morgan fingerprint density at radius 2 is 1.95 bits per heavy atom. The zero-order valence-electron chi connectivity index (χ0n) is 11.6. The molecule has 0 unspecified atom stereocenters. The molecular formula is C14H14N6O2. The maximum atomic E-state index is 11.7. The van der Waals surface area contributed by atoms with Crippen LogP contribution in [0.25, 0.3) is 0 Å². The highest BCUT2D eigenvalue weighted by Crippen LogP contribution is 2.07. The van der Waals surface area contributed by atoms with Crippen LogP contribution in [0.4, 0.5) is 16.4 Å². The van der Waals surface area contributed by atoms with Crippen LogP contribution >= 0.6 is 0 Å². The van der Waals surface area contributed by atoms with Crippen LogP contribution in [-0.2, 0) is 13.0 Å². The van der Waals surface area contributed by atoms with Crippen LogP contribution in [0.1, 0.15) is 5.56 Å². The second-order valence-corrected chi connectivity index (χ2v) is 4.53. The molecule has 0 aromatic carbocycles. The zero-order valence-corrected chi connectivity index (χ0v) is 11.6. The van der Waals surface area contributed by atoms with E-state index in [2.05, 4.69) is 30.4 Å². The molecule has 0 aliphatic rings. The van der Waals surface area contributed by atoms with Crippen LogP contribution < -0.4 is 10.6 Å². The van der Waals surface area contributed by atoms with Crippen molar-refractivity contribution in [2.45, 2.75) is 13.0 Å². The van der Waals surface area contributed by atoms with E-state index < -0.39 is 6.03 Å². The molecule has 0 radical (unpaired) electrons. The van der Waals surface area contributed by atoms with Crippen molar-refractivity contribution < 1.29 is 9.32 Å². The molecule has 3 aromatic heterocycles. The summed E-state index contributed by atoms with van der Waals surface area (Å²) in [6.07, 6.45) is 7.56. The van der Waals surface area contributed by atoms with Crippen LogP contribution in [0.3, 0.4) is 0 Å². The first-order valence-electron chi connectivity index (χ1n) is 6.70. The molecule has 0 fully saturated rings. The average molecular weight is 298 g/mol. The van der Waals surface area contributed by atoms with Gasteiger partial charge in [-0.3, -0.25) is 20.3 Å². The Hall–Kier alpha value is -3.16. The lowest BCUT2D eigenvalue weighted by Gasteiger charge is -2.03. The number of carbonyl (C=O) groups is 1. The van der Waals surface area contributed by atoms with E-state index in [0.29, 0.717) is 11.6 Å². The van der Waals surface area contributed by atoms with Crippen molar-refractivity contribution >= 4 is 17.7 Å². The van der Waals surface area contributed by atoms with E-state index in [1.54, 1.807) is 29.2 Å². The summed E-state index contributed by atoms with van der Waals surface area (Å²) in [6.45, 7) is 0.719. The van der Waals surface area contributed by atoms with E-state index in [0.717, 1.165) is 13.0 Å². The van der Waals surface area contributed by atoms with Gasteiger partial charge in [0, 0.05) is 37.3 Å². The number of urea groups is 1. The number of rotatable bonds is 5. The summed E-state index contributed by atoms with van der Waals surface area (Å²) in [5.41, 5.74) is 1.18. The van der Waals surface area contributed by atoms with Crippen molar-refractivity contribution in [3.05, 3.63) is 54.7 Å². The Labute approximate surface area is 126 Å². The number of anilines is 2. The molecule has 3 heterocycles. The highest BCUT2D eigenvalue weighted by atomic mass is 16.5. The van der Waals surface area contributed by atoms with Crippen LogP contribution in [0.15, 0.2) is 53.6 Å².